The number of pyridine rings is 1. The summed E-state index contributed by atoms with van der Waals surface area (Å²) >= 11 is 0. The van der Waals surface area contributed by atoms with Crippen LogP contribution < -0.4 is 5.32 Å². The van der Waals surface area contributed by atoms with Gasteiger partial charge in [0.15, 0.2) is 11.6 Å². The SMILES string of the molecule is CNCCc1nc(-c2ccccn2)n(C)n1. The van der Waals surface area contributed by atoms with E-state index >= 15 is 0 Å². The lowest BCUT2D eigenvalue weighted by molar-refractivity contribution is 0.716. The number of aromatic nitrogens is 4. The molecule has 0 aliphatic heterocycles. The third kappa shape index (κ3) is 2.25. The summed E-state index contributed by atoms with van der Waals surface area (Å²) in [6, 6.07) is 5.78. The van der Waals surface area contributed by atoms with E-state index in [-0.39, 0.29) is 0 Å². The van der Waals surface area contributed by atoms with E-state index in [1.165, 1.54) is 0 Å². The van der Waals surface area contributed by atoms with Gasteiger partial charge in [0.25, 0.3) is 0 Å². The predicted molar refractivity (Wildman–Crippen MR) is 61.9 cm³/mol. The lowest BCUT2D eigenvalue weighted by Crippen LogP contribution is -2.11. The van der Waals surface area contributed by atoms with Crippen LogP contribution in [-0.4, -0.2) is 33.3 Å². The van der Waals surface area contributed by atoms with Gasteiger partial charge in [-0.15, -0.1) is 0 Å². The summed E-state index contributed by atoms with van der Waals surface area (Å²) in [5, 5.41) is 7.43. The molecule has 0 saturated heterocycles. The van der Waals surface area contributed by atoms with Gasteiger partial charge in [0.05, 0.1) is 0 Å². The highest BCUT2D eigenvalue weighted by Crippen LogP contribution is 2.12. The van der Waals surface area contributed by atoms with Crippen molar-refractivity contribution in [3.05, 3.63) is 30.2 Å². The fraction of sp³-hybridized carbons (Fsp3) is 0.364. The molecule has 0 amide bonds. The van der Waals surface area contributed by atoms with Crippen molar-refractivity contribution in [2.24, 2.45) is 7.05 Å². The summed E-state index contributed by atoms with van der Waals surface area (Å²) in [5.41, 5.74) is 0.855. The van der Waals surface area contributed by atoms with Crippen LogP contribution in [0.15, 0.2) is 24.4 Å². The van der Waals surface area contributed by atoms with E-state index in [4.69, 9.17) is 0 Å². The van der Waals surface area contributed by atoms with Gasteiger partial charge >= 0.3 is 0 Å². The quantitative estimate of drug-likeness (QED) is 0.816. The molecule has 0 atom stereocenters. The molecule has 84 valence electrons. The zero-order valence-electron chi connectivity index (χ0n) is 9.51. The van der Waals surface area contributed by atoms with Crippen LogP contribution in [0.5, 0.6) is 0 Å². The van der Waals surface area contributed by atoms with E-state index in [0.717, 1.165) is 30.3 Å². The number of hydrogen-bond donors (Lipinski definition) is 1. The number of hydrogen-bond acceptors (Lipinski definition) is 4. The van der Waals surface area contributed by atoms with E-state index in [9.17, 15) is 0 Å². The monoisotopic (exact) mass is 217 g/mol. The topological polar surface area (TPSA) is 55.6 Å². The lowest BCUT2D eigenvalue weighted by atomic mass is 10.3. The Morgan fingerprint density at radius 2 is 2.25 bits per heavy atom. The maximum Gasteiger partial charge on any atom is 0.176 e. The molecule has 0 spiro atoms. The first kappa shape index (κ1) is 10.8. The van der Waals surface area contributed by atoms with Crippen LogP contribution in [0, 0.1) is 0 Å². The van der Waals surface area contributed by atoms with Crippen molar-refractivity contribution < 1.29 is 0 Å². The second-order valence-corrected chi connectivity index (χ2v) is 3.54. The predicted octanol–water partition coefficient (Wildman–Crippen LogP) is 0.639. The standard InChI is InChI=1S/C11H15N5/c1-12-8-6-10-14-11(16(2)15-10)9-5-3-4-7-13-9/h3-5,7,12H,6,8H2,1-2H3. The fourth-order valence-corrected chi connectivity index (χ4v) is 1.50. The Morgan fingerprint density at radius 3 is 2.94 bits per heavy atom. The highest BCUT2D eigenvalue weighted by molar-refractivity contribution is 5.48. The minimum absolute atomic E-state index is 0.812. The third-order valence-corrected chi connectivity index (χ3v) is 2.30. The zero-order chi connectivity index (χ0) is 11.4. The number of rotatable bonds is 4. The third-order valence-electron chi connectivity index (χ3n) is 2.30. The summed E-state index contributed by atoms with van der Waals surface area (Å²) in [5.74, 6) is 1.66. The van der Waals surface area contributed by atoms with Gasteiger partial charge in [-0.1, -0.05) is 6.07 Å². The van der Waals surface area contributed by atoms with Crippen molar-refractivity contribution in [1.29, 1.82) is 0 Å². The van der Waals surface area contributed by atoms with Gasteiger partial charge in [0.2, 0.25) is 0 Å². The Labute approximate surface area is 94.5 Å². The number of nitrogens with one attached hydrogen (secondary N) is 1. The summed E-state index contributed by atoms with van der Waals surface area (Å²) in [7, 11) is 3.81. The molecule has 5 heteroatoms. The molecule has 0 aliphatic carbocycles. The Bertz CT molecular complexity index is 449. The van der Waals surface area contributed by atoms with Crippen molar-refractivity contribution in [2.45, 2.75) is 6.42 Å². The summed E-state index contributed by atoms with van der Waals surface area (Å²) in [6.45, 7) is 0.881. The summed E-state index contributed by atoms with van der Waals surface area (Å²) in [4.78, 5) is 8.73. The van der Waals surface area contributed by atoms with Crippen LogP contribution >= 0.6 is 0 Å². The minimum Gasteiger partial charge on any atom is -0.319 e. The molecule has 0 saturated carbocycles. The van der Waals surface area contributed by atoms with Crippen molar-refractivity contribution in [1.82, 2.24) is 25.1 Å². The molecule has 2 heterocycles. The Kier molecular flexibility index (Phi) is 3.26. The van der Waals surface area contributed by atoms with Crippen LogP contribution in [-0.2, 0) is 13.5 Å². The Balaban J connectivity index is 2.25. The van der Waals surface area contributed by atoms with Crippen LogP contribution in [0.25, 0.3) is 11.5 Å². The second-order valence-electron chi connectivity index (χ2n) is 3.54. The van der Waals surface area contributed by atoms with Crippen molar-refractivity contribution in [3.63, 3.8) is 0 Å². The molecule has 0 aliphatic rings. The van der Waals surface area contributed by atoms with Crippen LogP contribution in [0.3, 0.4) is 0 Å². The average molecular weight is 217 g/mol. The van der Waals surface area contributed by atoms with E-state index in [2.05, 4.69) is 20.4 Å². The average Bonchev–Trinajstić information content (AvgIpc) is 2.69. The minimum atomic E-state index is 0.812. The first-order valence-corrected chi connectivity index (χ1v) is 5.27. The largest absolute Gasteiger partial charge is 0.319 e. The maximum atomic E-state index is 4.47. The van der Waals surface area contributed by atoms with E-state index in [0.29, 0.717) is 0 Å². The normalized spacial score (nSPS) is 10.6. The highest BCUT2D eigenvalue weighted by atomic mass is 15.3. The van der Waals surface area contributed by atoms with E-state index in [1.807, 2.05) is 32.3 Å². The van der Waals surface area contributed by atoms with Crippen molar-refractivity contribution in [3.8, 4) is 11.5 Å². The fourth-order valence-electron chi connectivity index (χ4n) is 1.50. The summed E-state index contributed by atoms with van der Waals surface area (Å²) in [6.07, 6.45) is 2.59. The first-order valence-electron chi connectivity index (χ1n) is 5.27. The molecule has 2 aromatic heterocycles. The molecule has 16 heavy (non-hydrogen) atoms. The van der Waals surface area contributed by atoms with E-state index in [1.54, 1.807) is 10.9 Å². The summed E-state index contributed by atoms with van der Waals surface area (Å²) < 4.78 is 1.77. The highest BCUT2D eigenvalue weighted by Gasteiger charge is 2.09. The molecule has 0 unspecified atom stereocenters. The van der Waals surface area contributed by atoms with Gasteiger partial charge in [0.1, 0.15) is 5.69 Å². The molecule has 0 aromatic carbocycles. The van der Waals surface area contributed by atoms with Crippen molar-refractivity contribution in [2.75, 3.05) is 13.6 Å². The smallest absolute Gasteiger partial charge is 0.176 e. The van der Waals surface area contributed by atoms with Crippen molar-refractivity contribution >= 4 is 0 Å². The number of likely N-dealkylation sites (N-methyl/N-ethyl adjacent to an activating group) is 1. The zero-order valence-corrected chi connectivity index (χ0v) is 9.51. The molecule has 5 nitrogen and oxygen atoms in total. The molecule has 1 N–H and O–H groups in total. The molecule has 0 fully saturated rings. The Morgan fingerprint density at radius 1 is 1.38 bits per heavy atom. The van der Waals surface area contributed by atoms with Crippen LogP contribution in [0.4, 0.5) is 0 Å². The van der Waals surface area contributed by atoms with Gasteiger partial charge in [-0.3, -0.25) is 4.98 Å². The molecule has 2 aromatic rings. The Hall–Kier alpha value is -1.75. The second kappa shape index (κ2) is 4.85. The van der Waals surface area contributed by atoms with E-state index < -0.39 is 0 Å². The maximum absolute atomic E-state index is 4.47. The van der Waals surface area contributed by atoms with Gasteiger partial charge in [0, 0.05) is 26.2 Å². The first-order chi connectivity index (χ1) is 7.81. The molecule has 2 rings (SSSR count). The molecule has 0 bridgehead atoms. The molecule has 0 radical (unpaired) electrons. The van der Waals surface area contributed by atoms with Gasteiger partial charge < -0.3 is 5.32 Å². The van der Waals surface area contributed by atoms with Gasteiger partial charge in [-0.05, 0) is 19.2 Å². The molecular formula is C11H15N5. The molecular weight excluding hydrogens is 202 g/mol. The number of nitrogens with zero attached hydrogens (tertiary/aromatic N) is 4. The lowest BCUT2D eigenvalue weighted by Gasteiger charge is -1.96. The number of aryl methyl sites for hydroxylation is 1. The van der Waals surface area contributed by atoms with Crippen LogP contribution in [0.1, 0.15) is 5.82 Å². The van der Waals surface area contributed by atoms with Gasteiger partial charge in [-0.25, -0.2) is 9.67 Å². The van der Waals surface area contributed by atoms with Gasteiger partial charge in [-0.2, -0.15) is 5.10 Å². The van der Waals surface area contributed by atoms with Crippen LogP contribution in [0.2, 0.25) is 0 Å².